The van der Waals surface area contributed by atoms with Crippen molar-refractivity contribution in [1.82, 2.24) is 4.90 Å². The van der Waals surface area contributed by atoms with E-state index >= 15 is 0 Å². The summed E-state index contributed by atoms with van der Waals surface area (Å²) in [6.07, 6.45) is 6.72. The Bertz CT molecular complexity index is 782. The van der Waals surface area contributed by atoms with E-state index in [4.69, 9.17) is 16.3 Å². The molecule has 3 aliphatic rings. The molecular weight excluding hydrogens is 354 g/mol. The Kier molecular flexibility index (Phi) is 4.65. The molecule has 6 heteroatoms. The highest BCUT2D eigenvalue weighted by atomic mass is 35.5. The maximum Gasteiger partial charge on any atom is 0.326 e. The zero-order valence-corrected chi connectivity index (χ0v) is 15.3. The van der Waals surface area contributed by atoms with Crippen LogP contribution in [0.2, 0.25) is 5.02 Å². The number of carbonyl (C=O) groups excluding carboxylic acids is 1. The average molecular weight is 376 g/mol. The fourth-order valence-corrected chi connectivity index (χ4v) is 4.61. The molecule has 1 amide bonds. The number of rotatable bonds is 4. The molecule has 1 aliphatic carbocycles. The summed E-state index contributed by atoms with van der Waals surface area (Å²) in [5.41, 5.74) is 1.78. The van der Waals surface area contributed by atoms with E-state index in [0.29, 0.717) is 36.1 Å². The van der Waals surface area contributed by atoms with Gasteiger partial charge in [-0.1, -0.05) is 55.8 Å². The molecule has 1 fully saturated rings. The van der Waals surface area contributed by atoms with Gasteiger partial charge in [-0.3, -0.25) is 4.79 Å². The van der Waals surface area contributed by atoms with E-state index in [1.807, 2.05) is 12.1 Å². The molecule has 0 radical (unpaired) electrons. The van der Waals surface area contributed by atoms with Crippen molar-refractivity contribution in [1.29, 1.82) is 0 Å². The normalized spacial score (nSPS) is 21.3. The van der Waals surface area contributed by atoms with Gasteiger partial charge in [-0.05, 0) is 18.4 Å². The summed E-state index contributed by atoms with van der Waals surface area (Å²) in [7, 11) is 0. The zero-order chi connectivity index (χ0) is 18.3. The third kappa shape index (κ3) is 3.09. The number of ether oxygens (including phenoxy) is 1. The van der Waals surface area contributed by atoms with Crippen LogP contribution in [0.15, 0.2) is 29.5 Å². The first kappa shape index (κ1) is 17.4. The molecule has 0 saturated heterocycles. The number of nitrogens with zero attached hydrogens (tertiary/aromatic N) is 1. The first-order valence-corrected chi connectivity index (χ1v) is 9.63. The van der Waals surface area contributed by atoms with E-state index < -0.39 is 12.0 Å². The number of fused-ring (bicyclic) bond motifs is 1. The molecule has 1 unspecified atom stereocenters. The first-order valence-electron chi connectivity index (χ1n) is 9.25. The smallest absolute Gasteiger partial charge is 0.326 e. The molecule has 2 heterocycles. The number of hydrogen-bond donors (Lipinski definition) is 1. The highest BCUT2D eigenvalue weighted by molar-refractivity contribution is 6.32. The van der Waals surface area contributed by atoms with Crippen molar-refractivity contribution in [3.63, 3.8) is 0 Å². The molecule has 5 nitrogen and oxygen atoms in total. The molecular formula is C20H22ClNO4. The lowest BCUT2D eigenvalue weighted by Gasteiger charge is -2.30. The molecule has 1 aromatic carbocycles. The molecule has 26 heavy (non-hydrogen) atoms. The number of carboxylic acid groups (broad SMARTS) is 1. The van der Waals surface area contributed by atoms with Crippen molar-refractivity contribution in [2.24, 2.45) is 5.92 Å². The Morgan fingerprint density at radius 1 is 1.31 bits per heavy atom. The topological polar surface area (TPSA) is 66.8 Å². The van der Waals surface area contributed by atoms with Crippen LogP contribution in [0.5, 0.6) is 5.75 Å². The fraction of sp³-hybridized carbons (Fsp3) is 0.500. The lowest BCUT2D eigenvalue weighted by molar-refractivity contribution is -0.149. The summed E-state index contributed by atoms with van der Waals surface area (Å²) >= 11 is 6.19. The minimum atomic E-state index is -0.931. The maximum atomic E-state index is 12.9. The van der Waals surface area contributed by atoms with Crippen LogP contribution >= 0.6 is 11.6 Å². The molecule has 0 aromatic heterocycles. The fourth-order valence-electron chi connectivity index (χ4n) is 4.37. The molecule has 0 bridgehead atoms. The van der Waals surface area contributed by atoms with Gasteiger partial charge in [0.15, 0.2) is 5.76 Å². The molecule has 1 saturated carbocycles. The van der Waals surface area contributed by atoms with Crippen molar-refractivity contribution < 1.29 is 19.4 Å². The Morgan fingerprint density at radius 3 is 2.81 bits per heavy atom. The molecule has 4 rings (SSSR count). The molecule has 1 atom stereocenters. The predicted octanol–water partition coefficient (Wildman–Crippen LogP) is 3.79. The van der Waals surface area contributed by atoms with Gasteiger partial charge in [-0.15, -0.1) is 0 Å². The lowest BCUT2D eigenvalue weighted by Crippen LogP contribution is -2.44. The van der Waals surface area contributed by atoms with Crippen LogP contribution in [0.1, 0.15) is 44.1 Å². The maximum absolute atomic E-state index is 12.9. The predicted molar refractivity (Wildman–Crippen MR) is 97.1 cm³/mol. The van der Waals surface area contributed by atoms with Gasteiger partial charge in [-0.2, -0.15) is 0 Å². The van der Waals surface area contributed by atoms with E-state index in [0.717, 1.165) is 36.8 Å². The van der Waals surface area contributed by atoms with Crippen LogP contribution in [-0.4, -0.2) is 34.5 Å². The van der Waals surface area contributed by atoms with E-state index in [9.17, 15) is 14.7 Å². The van der Waals surface area contributed by atoms with E-state index in [-0.39, 0.29) is 11.7 Å². The average Bonchev–Trinajstić information content (AvgIpc) is 2.95. The summed E-state index contributed by atoms with van der Waals surface area (Å²) in [6, 6.07) is 4.72. The van der Waals surface area contributed by atoms with Crippen LogP contribution in [-0.2, 0) is 16.0 Å². The highest BCUT2D eigenvalue weighted by Gasteiger charge is 2.42. The molecule has 2 aliphatic heterocycles. The quantitative estimate of drug-likeness (QED) is 0.869. The summed E-state index contributed by atoms with van der Waals surface area (Å²) in [4.78, 5) is 26.3. The number of hydrogen-bond acceptors (Lipinski definition) is 3. The third-order valence-electron chi connectivity index (χ3n) is 5.74. The van der Waals surface area contributed by atoms with Crippen molar-refractivity contribution >= 4 is 23.5 Å². The Hall–Kier alpha value is -2.01. The van der Waals surface area contributed by atoms with Gasteiger partial charge in [0, 0.05) is 24.1 Å². The first-order chi connectivity index (χ1) is 12.5. The minimum absolute atomic E-state index is 0.264. The monoisotopic (exact) mass is 375 g/mol. The Labute approximate surface area is 157 Å². The van der Waals surface area contributed by atoms with Crippen LogP contribution in [0.4, 0.5) is 0 Å². The number of carboxylic acids is 1. The summed E-state index contributed by atoms with van der Waals surface area (Å²) in [6.45, 7) is 0.323. The molecule has 1 aromatic rings. The Balaban J connectivity index is 1.53. The largest absolute Gasteiger partial charge is 0.480 e. The van der Waals surface area contributed by atoms with Crippen molar-refractivity contribution in [2.75, 3.05) is 6.54 Å². The minimum Gasteiger partial charge on any atom is -0.480 e. The van der Waals surface area contributed by atoms with Crippen molar-refractivity contribution in [3.8, 4) is 5.75 Å². The molecule has 138 valence electrons. The zero-order valence-electron chi connectivity index (χ0n) is 14.5. The summed E-state index contributed by atoms with van der Waals surface area (Å²) < 4.78 is 5.81. The van der Waals surface area contributed by atoms with E-state index in [1.54, 1.807) is 6.07 Å². The van der Waals surface area contributed by atoms with E-state index in [2.05, 4.69) is 0 Å². The second-order valence-electron chi connectivity index (χ2n) is 7.47. The van der Waals surface area contributed by atoms with E-state index in [1.165, 1.54) is 11.3 Å². The Morgan fingerprint density at radius 2 is 2.08 bits per heavy atom. The van der Waals surface area contributed by atoms with Crippen LogP contribution < -0.4 is 4.74 Å². The molecule has 1 N–H and O–H groups in total. The van der Waals surface area contributed by atoms with Gasteiger partial charge in [0.05, 0.1) is 5.02 Å². The van der Waals surface area contributed by atoms with Crippen LogP contribution in [0.25, 0.3) is 0 Å². The number of amides is 1. The molecule has 0 spiro atoms. The number of para-hydroxylation sites is 1. The number of benzene rings is 1. The van der Waals surface area contributed by atoms with Gasteiger partial charge in [0.1, 0.15) is 11.8 Å². The second kappa shape index (κ2) is 6.95. The number of halogens is 1. The van der Waals surface area contributed by atoms with Gasteiger partial charge in [0.25, 0.3) is 5.91 Å². The van der Waals surface area contributed by atoms with Gasteiger partial charge in [0.2, 0.25) is 0 Å². The van der Waals surface area contributed by atoms with Gasteiger partial charge in [-0.25, -0.2) is 4.79 Å². The van der Waals surface area contributed by atoms with Crippen LogP contribution in [0.3, 0.4) is 0 Å². The van der Waals surface area contributed by atoms with Crippen LogP contribution in [0, 0.1) is 5.92 Å². The summed E-state index contributed by atoms with van der Waals surface area (Å²) in [5, 5.41) is 10.2. The SMILES string of the molecule is O=C(O)C(CC1CCCCC1)N1CC2=C(Oc3c(Cl)cccc3C2)C1=O. The highest BCUT2D eigenvalue weighted by Crippen LogP contribution is 2.40. The van der Waals surface area contributed by atoms with Gasteiger partial charge < -0.3 is 14.7 Å². The third-order valence-corrected chi connectivity index (χ3v) is 6.03. The summed E-state index contributed by atoms with van der Waals surface area (Å²) in [5.74, 6) is -0.0984. The van der Waals surface area contributed by atoms with Crippen molar-refractivity contribution in [2.45, 2.75) is 51.0 Å². The second-order valence-corrected chi connectivity index (χ2v) is 7.87. The van der Waals surface area contributed by atoms with Gasteiger partial charge >= 0.3 is 5.97 Å². The lowest BCUT2D eigenvalue weighted by atomic mass is 9.84. The standard InChI is InChI=1S/C20H22ClNO4/c21-15-8-4-7-13-10-14-11-22(19(23)18(14)26-17(13)15)16(20(24)25)9-12-5-2-1-3-6-12/h4,7-8,12,16H,1-3,5-6,9-11H2,(H,24,25). The number of carbonyl (C=O) groups is 2. The van der Waals surface area contributed by atoms with Crippen molar-refractivity contribution in [3.05, 3.63) is 40.1 Å². The number of aliphatic carboxylic acids is 1.